The molecule has 2 N–H and O–H groups in total. The molecule has 0 bridgehead atoms. The van der Waals surface area contributed by atoms with Gasteiger partial charge in [0.25, 0.3) is 5.91 Å². The van der Waals surface area contributed by atoms with Gasteiger partial charge in [-0.1, -0.05) is 55.4 Å². The van der Waals surface area contributed by atoms with E-state index in [2.05, 4.69) is 39.8 Å². The van der Waals surface area contributed by atoms with Gasteiger partial charge in [0.05, 0.1) is 6.54 Å². The number of carbonyl (C=O) groups excluding carboxylic acids is 2. The molecule has 2 heterocycles. The molecule has 0 spiro atoms. The number of aryl methyl sites for hydroxylation is 2. The van der Waals surface area contributed by atoms with E-state index in [-0.39, 0.29) is 49.7 Å². The zero-order valence-electron chi connectivity index (χ0n) is 23.5. The van der Waals surface area contributed by atoms with Gasteiger partial charge in [0.2, 0.25) is 17.6 Å². The second kappa shape index (κ2) is 15.6. The van der Waals surface area contributed by atoms with Crippen LogP contribution in [0.15, 0.2) is 47.0 Å². The lowest BCUT2D eigenvalue weighted by molar-refractivity contribution is -0.151. The Labute approximate surface area is 248 Å². The fourth-order valence-corrected chi connectivity index (χ4v) is 4.52. The summed E-state index contributed by atoms with van der Waals surface area (Å²) in [6, 6.07) is 14.1. The minimum absolute atomic E-state index is 0. The molecule has 0 aliphatic carbocycles. The maximum atomic E-state index is 13.3. The topological polar surface area (TPSA) is 107 Å². The van der Waals surface area contributed by atoms with Crippen LogP contribution in [0.1, 0.15) is 36.4 Å². The summed E-state index contributed by atoms with van der Waals surface area (Å²) in [7, 11) is 1.78. The monoisotopic (exact) mass is 591 g/mol. The molecule has 1 aliphatic heterocycles. The lowest BCUT2D eigenvalue weighted by atomic mass is 10.1. The Hall–Kier alpha value is -3.18. The average molecular weight is 593 g/mol. The van der Waals surface area contributed by atoms with E-state index in [4.69, 9.17) is 4.52 Å². The lowest BCUT2D eigenvalue weighted by Gasteiger charge is -2.31. The zero-order chi connectivity index (χ0) is 27.1. The van der Waals surface area contributed by atoms with Crippen LogP contribution in [0.5, 0.6) is 0 Å². The van der Waals surface area contributed by atoms with Gasteiger partial charge in [0.1, 0.15) is 6.54 Å². The van der Waals surface area contributed by atoms with Gasteiger partial charge in [0, 0.05) is 51.4 Å². The van der Waals surface area contributed by atoms with Gasteiger partial charge in [-0.25, -0.2) is 5.01 Å². The highest BCUT2D eigenvalue weighted by atomic mass is 35.5. The van der Waals surface area contributed by atoms with E-state index in [1.165, 1.54) is 11.1 Å². The van der Waals surface area contributed by atoms with E-state index in [1.807, 2.05) is 42.3 Å². The molecule has 2 amide bonds. The Morgan fingerprint density at radius 1 is 1.05 bits per heavy atom. The van der Waals surface area contributed by atoms with Gasteiger partial charge in [-0.2, -0.15) is 4.98 Å². The summed E-state index contributed by atoms with van der Waals surface area (Å²) in [6.45, 7) is 9.12. The van der Waals surface area contributed by atoms with Crippen molar-refractivity contribution in [3.8, 4) is 11.4 Å². The van der Waals surface area contributed by atoms with Crippen molar-refractivity contribution in [2.24, 2.45) is 0 Å². The maximum Gasteiger partial charge on any atom is 0.256 e. The molecule has 2 aromatic carbocycles. The van der Waals surface area contributed by atoms with Gasteiger partial charge in [0.15, 0.2) is 0 Å². The number of hydrogen-bond acceptors (Lipinski definition) is 8. The highest BCUT2D eigenvalue weighted by molar-refractivity contribution is 5.87. The van der Waals surface area contributed by atoms with Crippen molar-refractivity contribution in [1.82, 2.24) is 30.4 Å². The first-order valence-electron chi connectivity index (χ1n) is 13.1. The third-order valence-electron chi connectivity index (χ3n) is 6.80. The molecule has 10 nitrogen and oxygen atoms in total. The molecular formula is C28H39Cl2N7O3. The Morgan fingerprint density at radius 3 is 2.35 bits per heavy atom. The van der Waals surface area contributed by atoms with Crippen molar-refractivity contribution in [2.45, 2.75) is 40.3 Å². The number of halogens is 2. The number of aromatic nitrogens is 2. The molecule has 0 fully saturated rings. The summed E-state index contributed by atoms with van der Waals surface area (Å²) in [5.41, 5.74) is 5.17. The van der Waals surface area contributed by atoms with E-state index >= 15 is 0 Å². The normalized spacial score (nSPS) is 12.2. The summed E-state index contributed by atoms with van der Waals surface area (Å²) in [4.78, 5) is 32.5. The first-order chi connectivity index (χ1) is 18.4. The number of amides is 2. The highest BCUT2D eigenvalue weighted by Crippen LogP contribution is 2.25. The van der Waals surface area contributed by atoms with Gasteiger partial charge in [-0.05, 0) is 35.7 Å². The van der Waals surface area contributed by atoms with E-state index < -0.39 is 0 Å². The summed E-state index contributed by atoms with van der Waals surface area (Å²) in [5.74, 6) is 0.737. The molecule has 3 aromatic rings. The van der Waals surface area contributed by atoms with E-state index in [9.17, 15) is 9.59 Å². The van der Waals surface area contributed by atoms with Crippen molar-refractivity contribution >= 4 is 42.3 Å². The van der Waals surface area contributed by atoms with Gasteiger partial charge in [-0.15, -0.1) is 24.8 Å². The number of hydrazine groups is 1. The Bertz CT molecular complexity index is 1250. The molecule has 0 radical (unpaired) electrons. The Balaban J connectivity index is 0.00000280. The summed E-state index contributed by atoms with van der Waals surface area (Å²) >= 11 is 0. The third-order valence-corrected chi connectivity index (χ3v) is 6.80. The number of fused-ring (bicyclic) bond motifs is 1. The molecule has 1 aromatic heterocycles. The lowest BCUT2D eigenvalue weighted by Crippen LogP contribution is -2.49. The van der Waals surface area contributed by atoms with Crippen LogP contribution in [-0.2, 0) is 29.1 Å². The Kier molecular flexibility index (Phi) is 12.9. The molecule has 0 unspecified atom stereocenters. The number of likely N-dealkylation sites (N-methyl/N-ethyl adjacent to an activating group) is 2. The summed E-state index contributed by atoms with van der Waals surface area (Å²) in [6.07, 6.45) is 0.799. The predicted molar refractivity (Wildman–Crippen MR) is 160 cm³/mol. The van der Waals surface area contributed by atoms with Crippen molar-refractivity contribution in [3.05, 3.63) is 65.0 Å². The number of nitrogens with one attached hydrogen (secondary N) is 2. The van der Waals surface area contributed by atoms with Crippen LogP contribution in [0, 0.1) is 6.92 Å². The highest BCUT2D eigenvalue weighted by Gasteiger charge is 2.27. The third kappa shape index (κ3) is 8.17. The molecule has 0 atom stereocenters. The van der Waals surface area contributed by atoms with Gasteiger partial charge in [-0.3, -0.25) is 14.6 Å². The van der Waals surface area contributed by atoms with Crippen molar-refractivity contribution in [3.63, 3.8) is 0 Å². The predicted octanol–water partition coefficient (Wildman–Crippen LogP) is 3.69. The summed E-state index contributed by atoms with van der Waals surface area (Å²) < 4.78 is 5.12. The molecular weight excluding hydrogens is 553 g/mol. The number of nitrogens with zero attached hydrogens (tertiary/aromatic N) is 5. The van der Waals surface area contributed by atoms with Crippen LogP contribution < -0.4 is 10.6 Å². The van der Waals surface area contributed by atoms with Crippen molar-refractivity contribution < 1.29 is 14.1 Å². The fourth-order valence-electron chi connectivity index (χ4n) is 4.52. The second-order valence-corrected chi connectivity index (χ2v) is 9.39. The standard InChI is InChI=1S/C28H37N7O3.2ClH/c1-5-21-11-12-22(28-31-20(3)38-32-28)15-25(21)30-16-26(36)34(14-13-29-6-2)19-27(37)33(4)35-17-23-9-7-8-10-24(23)18-35;;/h7-12,15,29-30H,5-6,13-14,16-19H2,1-4H3;2*1H. The van der Waals surface area contributed by atoms with Crippen LogP contribution in [-0.4, -0.2) is 76.6 Å². The second-order valence-electron chi connectivity index (χ2n) is 9.39. The molecule has 218 valence electrons. The molecule has 1 aliphatic rings. The quantitative estimate of drug-likeness (QED) is 0.307. The van der Waals surface area contributed by atoms with Crippen LogP contribution in [0.2, 0.25) is 0 Å². The molecule has 0 saturated heterocycles. The molecule has 12 heteroatoms. The first kappa shape index (κ1) is 33.0. The molecule has 4 rings (SSSR count). The smallest absolute Gasteiger partial charge is 0.256 e. The number of benzene rings is 2. The van der Waals surface area contributed by atoms with Crippen LogP contribution in [0.25, 0.3) is 11.4 Å². The fraction of sp³-hybridized carbons (Fsp3) is 0.429. The minimum Gasteiger partial charge on any atom is -0.376 e. The van der Waals surface area contributed by atoms with Crippen LogP contribution in [0.3, 0.4) is 0 Å². The van der Waals surface area contributed by atoms with E-state index in [0.29, 0.717) is 37.9 Å². The molecule has 0 saturated carbocycles. The van der Waals surface area contributed by atoms with Crippen molar-refractivity contribution in [2.75, 3.05) is 45.1 Å². The first-order valence-corrected chi connectivity index (χ1v) is 13.1. The van der Waals surface area contributed by atoms with Crippen LogP contribution >= 0.6 is 24.8 Å². The number of anilines is 1. The maximum absolute atomic E-state index is 13.3. The largest absolute Gasteiger partial charge is 0.376 e. The minimum atomic E-state index is -0.141. The SMILES string of the molecule is CCNCCN(CC(=O)N(C)N1Cc2ccccc2C1)C(=O)CNc1cc(-c2noc(C)n2)ccc1CC.Cl.Cl. The number of rotatable bonds is 12. The van der Waals surface area contributed by atoms with Gasteiger partial charge < -0.3 is 20.1 Å². The summed E-state index contributed by atoms with van der Waals surface area (Å²) in [5, 5.41) is 14.2. The van der Waals surface area contributed by atoms with Crippen LogP contribution in [0.4, 0.5) is 5.69 Å². The Morgan fingerprint density at radius 2 is 1.75 bits per heavy atom. The zero-order valence-corrected chi connectivity index (χ0v) is 25.1. The molecule has 40 heavy (non-hydrogen) atoms. The number of hydrogen-bond donors (Lipinski definition) is 2. The average Bonchev–Trinajstić information content (AvgIpc) is 3.56. The van der Waals surface area contributed by atoms with E-state index in [1.54, 1.807) is 23.9 Å². The van der Waals surface area contributed by atoms with E-state index in [0.717, 1.165) is 29.8 Å². The van der Waals surface area contributed by atoms with Crippen molar-refractivity contribution in [1.29, 1.82) is 0 Å². The number of carbonyl (C=O) groups is 2. The van der Waals surface area contributed by atoms with Gasteiger partial charge >= 0.3 is 0 Å².